The van der Waals surface area contributed by atoms with E-state index in [0.29, 0.717) is 5.75 Å². The first-order valence-electron chi connectivity index (χ1n) is 11.4. The zero-order valence-electron chi connectivity index (χ0n) is 19.3. The van der Waals surface area contributed by atoms with E-state index in [9.17, 15) is 4.79 Å². The third-order valence-electron chi connectivity index (χ3n) is 6.95. The Labute approximate surface area is 192 Å². The molecule has 2 unspecified atom stereocenters. The van der Waals surface area contributed by atoms with Crippen LogP contribution < -0.4 is 10.3 Å². The number of benzene rings is 1. The summed E-state index contributed by atoms with van der Waals surface area (Å²) in [6, 6.07) is 10.1. The van der Waals surface area contributed by atoms with Crippen molar-refractivity contribution >= 4 is 5.57 Å². The number of rotatable bonds is 4. The van der Waals surface area contributed by atoms with E-state index in [4.69, 9.17) is 9.47 Å². The normalized spacial score (nSPS) is 22.2. The first-order valence-corrected chi connectivity index (χ1v) is 11.4. The number of likely N-dealkylation sites (tertiary alicyclic amines) is 1. The van der Waals surface area contributed by atoms with Crippen molar-refractivity contribution in [1.82, 2.24) is 19.4 Å². The molecule has 2 atom stereocenters. The molecule has 0 aliphatic carbocycles. The Morgan fingerprint density at radius 2 is 1.85 bits per heavy atom. The van der Waals surface area contributed by atoms with E-state index < -0.39 is 0 Å². The second-order valence-electron chi connectivity index (χ2n) is 9.46. The molecule has 3 aliphatic rings. The molecule has 3 aliphatic heterocycles. The van der Waals surface area contributed by atoms with Crippen LogP contribution in [0.4, 0.5) is 0 Å². The Bertz CT molecular complexity index is 1310. The van der Waals surface area contributed by atoms with Crippen molar-refractivity contribution in [3.8, 4) is 11.5 Å². The molecule has 7 heteroatoms. The maximum atomic E-state index is 13.3. The van der Waals surface area contributed by atoms with Gasteiger partial charge in [0.05, 0.1) is 17.9 Å². The third-order valence-corrected chi connectivity index (χ3v) is 6.95. The molecule has 0 amide bonds. The number of likely N-dealkylation sites (N-methyl/N-ethyl adjacent to an activating group) is 2. The summed E-state index contributed by atoms with van der Waals surface area (Å²) in [6.45, 7) is 5.81. The highest BCUT2D eigenvalue weighted by atomic mass is 16.6. The largest absolute Gasteiger partial charge is 0.455 e. The van der Waals surface area contributed by atoms with Crippen LogP contribution in [0.15, 0.2) is 53.7 Å². The molecule has 1 N–H and O–H groups in total. The number of nitrogens with one attached hydrogen (secondary N) is 1. The SMILES string of the molecule is Cc1cccc(C)c1Oc1cn(C2CN(C)C2)c(=O)cc1C1=CN(C)C2OC2c2[nH]ccc21. The number of ether oxygens (including phenoxy) is 2. The molecule has 0 bridgehead atoms. The summed E-state index contributed by atoms with van der Waals surface area (Å²) < 4.78 is 14.3. The summed E-state index contributed by atoms with van der Waals surface area (Å²) in [7, 11) is 4.07. The van der Waals surface area contributed by atoms with Crippen LogP contribution in [0.2, 0.25) is 0 Å². The molecule has 2 saturated heterocycles. The molecule has 0 radical (unpaired) electrons. The van der Waals surface area contributed by atoms with E-state index in [1.54, 1.807) is 6.07 Å². The van der Waals surface area contributed by atoms with E-state index in [2.05, 4.69) is 28.0 Å². The number of aromatic amines is 1. The number of H-pyrrole nitrogens is 1. The number of nitrogens with zero attached hydrogens (tertiary/aromatic N) is 3. The summed E-state index contributed by atoms with van der Waals surface area (Å²) in [4.78, 5) is 20.9. The number of para-hydroxylation sites is 1. The Kier molecular flexibility index (Phi) is 4.54. The lowest BCUT2D eigenvalue weighted by molar-refractivity contribution is 0.137. The Morgan fingerprint density at radius 1 is 1.09 bits per heavy atom. The van der Waals surface area contributed by atoms with Crippen molar-refractivity contribution in [2.75, 3.05) is 27.2 Å². The van der Waals surface area contributed by atoms with Gasteiger partial charge in [-0.15, -0.1) is 0 Å². The van der Waals surface area contributed by atoms with Gasteiger partial charge in [0, 0.05) is 55.3 Å². The summed E-state index contributed by atoms with van der Waals surface area (Å²) in [6.07, 6.45) is 5.92. The summed E-state index contributed by atoms with van der Waals surface area (Å²) in [5.74, 6) is 1.52. The number of aryl methyl sites for hydroxylation is 2. The zero-order chi connectivity index (χ0) is 22.9. The molecule has 2 aromatic heterocycles. The lowest BCUT2D eigenvalue weighted by Crippen LogP contribution is -2.47. The van der Waals surface area contributed by atoms with Gasteiger partial charge in [-0.2, -0.15) is 0 Å². The van der Waals surface area contributed by atoms with E-state index in [0.717, 1.165) is 52.4 Å². The fraction of sp³-hybridized carbons (Fsp3) is 0.346. The van der Waals surface area contributed by atoms with Crippen LogP contribution in [0.1, 0.15) is 40.1 Å². The van der Waals surface area contributed by atoms with Gasteiger partial charge >= 0.3 is 0 Å². The Balaban J connectivity index is 1.52. The van der Waals surface area contributed by atoms with Gasteiger partial charge in [-0.1, -0.05) is 18.2 Å². The van der Waals surface area contributed by atoms with Crippen molar-refractivity contribution in [1.29, 1.82) is 0 Å². The number of hydrogen-bond acceptors (Lipinski definition) is 5. The first-order chi connectivity index (χ1) is 15.9. The van der Waals surface area contributed by atoms with Gasteiger partial charge in [-0.3, -0.25) is 4.79 Å². The van der Waals surface area contributed by atoms with Crippen LogP contribution in [0, 0.1) is 13.8 Å². The zero-order valence-corrected chi connectivity index (χ0v) is 19.3. The highest BCUT2D eigenvalue weighted by molar-refractivity contribution is 5.84. The number of epoxide rings is 1. The van der Waals surface area contributed by atoms with Crippen LogP contribution in [-0.2, 0) is 4.74 Å². The topological polar surface area (TPSA) is 66.0 Å². The number of fused-ring (bicyclic) bond motifs is 3. The van der Waals surface area contributed by atoms with Crippen LogP contribution in [0.3, 0.4) is 0 Å². The lowest BCUT2D eigenvalue weighted by Gasteiger charge is -2.37. The molecular formula is C26H28N4O3. The highest BCUT2D eigenvalue weighted by Crippen LogP contribution is 2.48. The molecule has 170 valence electrons. The third kappa shape index (κ3) is 3.31. The molecule has 6 rings (SSSR count). The molecule has 7 nitrogen and oxygen atoms in total. The molecule has 0 saturated carbocycles. The van der Waals surface area contributed by atoms with E-state index in [1.165, 1.54) is 0 Å². The van der Waals surface area contributed by atoms with Crippen molar-refractivity contribution in [2.45, 2.75) is 32.2 Å². The molecule has 5 heterocycles. The van der Waals surface area contributed by atoms with Gasteiger partial charge in [0.15, 0.2) is 12.0 Å². The van der Waals surface area contributed by atoms with Crippen molar-refractivity contribution in [2.24, 2.45) is 0 Å². The molecule has 0 spiro atoms. The predicted molar refractivity (Wildman–Crippen MR) is 126 cm³/mol. The Hall–Kier alpha value is -3.29. The highest BCUT2D eigenvalue weighted by Gasteiger charge is 2.47. The van der Waals surface area contributed by atoms with Gasteiger partial charge in [-0.05, 0) is 38.1 Å². The van der Waals surface area contributed by atoms with Crippen molar-refractivity contribution in [3.63, 3.8) is 0 Å². The molecule has 33 heavy (non-hydrogen) atoms. The monoisotopic (exact) mass is 444 g/mol. The van der Waals surface area contributed by atoms with Gasteiger partial charge in [-0.25, -0.2) is 0 Å². The minimum atomic E-state index is -0.0109. The van der Waals surface area contributed by atoms with Crippen LogP contribution in [0.25, 0.3) is 5.57 Å². The second-order valence-corrected chi connectivity index (χ2v) is 9.46. The summed E-state index contributed by atoms with van der Waals surface area (Å²) >= 11 is 0. The minimum Gasteiger partial charge on any atom is -0.455 e. The summed E-state index contributed by atoms with van der Waals surface area (Å²) in [5, 5.41) is 0. The average Bonchev–Trinajstić information content (AvgIpc) is 3.44. The standard InChI is InChI=1S/C26H28N4O3/c1-15-6-5-7-16(2)24(15)32-21-14-30(17-11-28(3)12-17)22(31)10-19(21)20-13-29(4)26-25(33-26)23-18(20)8-9-27-23/h5-10,13-14,17,25-27H,11-12H2,1-4H3. The van der Waals surface area contributed by atoms with E-state index >= 15 is 0 Å². The molecule has 2 fully saturated rings. The lowest BCUT2D eigenvalue weighted by atomic mass is 9.98. The number of aromatic nitrogens is 2. The average molecular weight is 445 g/mol. The molecule has 1 aromatic carbocycles. The van der Waals surface area contributed by atoms with E-state index in [-0.39, 0.29) is 23.9 Å². The minimum absolute atomic E-state index is 0.00812. The Morgan fingerprint density at radius 3 is 2.58 bits per heavy atom. The smallest absolute Gasteiger partial charge is 0.251 e. The maximum absolute atomic E-state index is 13.3. The predicted octanol–water partition coefficient (Wildman–Crippen LogP) is 3.80. The van der Waals surface area contributed by atoms with Gasteiger partial charge < -0.3 is 28.8 Å². The maximum Gasteiger partial charge on any atom is 0.251 e. The fourth-order valence-corrected chi connectivity index (χ4v) is 5.06. The fourth-order valence-electron chi connectivity index (χ4n) is 5.06. The van der Waals surface area contributed by atoms with Gasteiger partial charge in [0.25, 0.3) is 5.56 Å². The van der Waals surface area contributed by atoms with E-state index in [1.807, 2.05) is 62.1 Å². The number of pyridine rings is 1. The molecular weight excluding hydrogens is 416 g/mol. The summed E-state index contributed by atoms with van der Waals surface area (Å²) in [5.41, 5.74) is 5.94. The van der Waals surface area contributed by atoms with Crippen molar-refractivity contribution in [3.05, 3.63) is 87.2 Å². The van der Waals surface area contributed by atoms with Gasteiger partial charge in [0.2, 0.25) is 0 Å². The molecule has 3 aromatic rings. The van der Waals surface area contributed by atoms with Crippen LogP contribution in [-0.4, -0.2) is 52.8 Å². The van der Waals surface area contributed by atoms with Gasteiger partial charge in [0.1, 0.15) is 11.9 Å². The van der Waals surface area contributed by atoms with Crippen LogP contribution in [0.5, 0.6) is 11.5 Å². The first kappa shape index (κ1) is 20.3. The quantitative estimate of drug-likeness (QED) is 0.620. The second kappa shape index (κ2) is 7.37. The number of hydrogen-bond donors (Lipinski definition) is 1. The van der Waals surface area contributed by atoms with Crippen molar-refractivity contribution < 1.29 is 9.47 Å². The van der Waals surface area contributed by atoms with Crippen LogP contribution >= 0.6 is 0 Å².